The highest BCUT2D eigenvalue weighted by Crippen LogP contribution is 2.26. The van der Waals surface area contributed by atoms with Gasteiger partial charge < -0.3 is 20.4 Å². The Morgan fingerprint density at radius 3 is 2.41 bits per heavy atom. The van der Waals surface area contributed by atoms with E-state index < -0.39 is 29.2 Å². The van der Waals surface area contributed by atoms with Crippen molar-refractivity contribution in [2.24, 2.45) is 0 Å². The Morgan fingerprint density at radius 1 is 1.07 bits per heavy atom. The lowest BCUT2D eigenvalue weighted by atomic mass is 10.3. The predicted octanol–water partition coefficient (Wildman–Crippen LogP) is 3.20. The SMILES string of the molecule is CN(C)c1nc(N2CCCC2)ncc1NC(=O)Nc1ccc(F)c(F)c1F. The van der Waals surface area contributed by atoms with E-state index in [1.165, 1.54) is 6.20 Å². The van der Waals surface area contributed by atoms with Crippen molar-refractivity contribution in [3.63, 3.8) is 0 Å². The number of amides is 2. The fourth-order valence-electron chi connectivity index (χ4n) is 2.76. The van der Waals surface area contributed by atoms with Gasteiger partial charge >= 0.3 is 6.03 Å². The largest absolute Gasteiger partial charge is 0.361 e. The van der Waals surface area contributed by atoms with Crippen molar-refractivity contribution < 1.29 is 18.0 Å². The van der Waals surface area contributed by atoms with Crippen LogP contribution < -0.4 is 20.4 Å². The second-order valence-electron chi connectivity index (χ2n) is 6.30. The van der Waals surface area contributed by atoms with Gasteiger partial charge in [0.2, 0.25) is 5.95 Å². The molecule has 7 nitrogen and oxygen atoms in total. The first-order valence-electron chi connectivity index (χ1n) is 8.37. The highest BCUT2D eigenvalue weighted by molar-refractivity contribution is 6.01. The molecule has 0 saturated carbocycles. The van der Waals surface area contributed by atoms with E-state index in [0.717, 1.165) is 38.1 Å². The van der Waals surface area contributed by atoms with Gasteiger partial charge in [0.15, 0.2) is 23.3 Å². The number of urea groups is 1. The van der Waals surface area contributed by atoms with E-state index in [9.17, 15) is 18.0 Å². The van der Waals surface area contributed by atoms with Crippen LogP contribution in [0.4, 0.5) is 41.1 Å². The second-order valence-corrected chi connectivity index (χ2v) is 6.30. The molecule has 0 radical (unpaired) electrons. The van der Waals surface area contributed by atoms with Crippen LogP contribution in [0.3, 0.4) is 0 Å². The van der Waals surface area contributed by atoms with Gasteiger partial charge in [-0.3, -0.25) is 0 Å². The van der Waals surface area contributed by atoms with Crippen molar-refractivity contribution in [1.29, 1.82) is 0 Å². The molecule has 2 N–H and O–H groups in total. The Kier molecular flexibility index (Phi) is 5.33. The maximum atomic E-state index is 13.7. The number of halogens is 3. The molecule has 2 amide bonds. The number of carbonyl (C=O) groups excluding carboxylic acids is 1. The number of rotatable bonds is 4. The van der Waals surface area contributed by atoms with Crippen LogP contribution in [0, 0.1) is 17.5 Å². The van der Waals surface area contributed by atoms with Gasteiger partial charge in [-0.1, -0.05) is 0 Å². The zero-order valence-corrected chi connectivity index (χ0v) is 14.9. The van der Waals surface area contributed by atoms with Gasteiger partial charge in [-0.05, 0) is 25.0 Å². The van der Waals surface area contributed by atoms with Crippen LogP contribution in [-0.4, -0.2) is 43.2 Å². The molecular weight excluding hydrogens is 361 g/mol. The molecule has 10 heteroatoms. The van der Waals surface area contributed by atoms with Gasteiger partial charge in [0.05, 0.1) is 11.9 Å². The summed E-state index contributed by atoms with van der Waals surface area (Å²) in [7, 11) is 3.52. The lowest BCUT2D eigenvalue weighted by molar-refractivity contribution is 0.262. The van der Waals surface area contributed by atoms with E-state index in [0.29, 0.717) is 17.5 Å². The average Bonchev–Trinajstić information content (AvgIpc) is 3.17. The number of hydrogen-bond acceptors (Lipinski definition) is 5. The third kappa shape index (κ3) is 4.04. The van der Waals surface area contributed by atoms with Crippen molar-refractivity contribution >= 4 is 29.2 Å². The molecule has 2 heterocycles. The molecule has 1 aliphatic rings. The highest BCUT2D eigenvalue weighted by Gasteiger charge is 2.20. The molecule has 0 unspecified atom stereocenters. The predicted molar refractivity (Wildman–Crippen MR) is 96.8 cm³/mol. The molecule has 1 aromatic carbocycles. The van der Waals surface area contributed by atoms with Crippen molar-refractivity contribution in [3.05, 3.63) is 35.8 Å². The maximum Gasteiger partial charge on any atom is 0.323 e. The number of benzene rings is 1. The summed E-state index contributed by atoms with van der Waals surface area (Å²) in [5.41, 5.74) is -0.184. The number of carbonyl (C=O) groups is 1. The third-order valence-electron chi connectivity index (χ3n) is 4.10. The molecule has 1 aliphatic heterocycles. The Morgan fingerprint density at radius 2 is 1.74 bits per heavy atom. The first kappa shape index (κ1) is 18.7. The summed E-state index contributed by atoms with van der Waals surface area (Å²) >= 11 is 0. The number of aromatic nitrogens is 2. The number of nitrogens with zero attached hydrogens (tertiary/aromatic N) is 4. The molecule has 27 heavy (non-hydrogen) atoms. The Bertz CT molecular complexity index is 855. The summed E-state index contributed by atoms with van der Waals surface area (Å²) in [5.74, 6) is -3.43. The van der Waals surface area contributed by atoms with Crippen molar-refractivity contribution in [2.45, 2.75) is 12.8 Å². The Balaban J connectivity index is 1.78. The van der Waals surface area contributed by atoms with Crippen LogP contribution in [0.15, 0.2) is 18.3 Å². The fraction of sp³-hybridized carbons (Fsp3) is 0.353. The van der Waals surface area contributed by atoms with Gasteiger partial charge in [0.25, 0.3) is 0 Å². The molecule has 1 aromatic heterocycles. The third-order valence-corrected chi connectivity index (χ3v) is 4.10. The van der Waals surface area contributed by atoms with Crippen LogP contribution in [0.2, 0.25) is 0 Å². The average molecular weight is 380 g/mol. The first-order valence-corrected chi connectivity index (χ1v) is 8.37. The summed E-state index contributed by atoms with van der Waals surface area (Å²) in [6.07, 6.45) is 3.60. The van der Waals surface area contributed by atoms with Gasteiger partial charge in [-0.25, -0.2) is 22.9 Å². The van der Waals surface area contributed by atoms with E-state index >= 15 is 0 Å². The quantitative estimate of drug-likeness (QED) is 0.797. The topological polar surface area (TPSA) is 73.4 Å². The minimum absolute atomic E-state index is 0.295. The van der Waals surface area contributed by atoms with Crippen LogP contribution in [0.25, 0.3) is 0 Å². The first-order chi connectivity index (χ1) is 12.9. The van der Waals surface area contributed by atoms with Crippen LogP contribution in [-0.2, 0) is 0 Å². The van der Waals surface area contributed by atoms with Crippen molar-refractivity contribution in [2.75, 3.05) is 47.6 Å². The minimum atomic E-state index is -1.65. The van der Waals surface area contributed by atoms with Crippen LogP contribution >= 0.6 is 0 Å². The van der Waals surface area contributed by atoms with Gasteiger partial charge in [0.1, 0.15) is 5.69 Å². The van der Waals surface area contributed by atoms with E-state index in [-0.39, 0.29) is 0 Å². The fourth-order valence-corrected chi connectivity index (χ4v) is 2.76. The normalized spacial score (nSPS) is 13.6. The minimum Gasteiger partial charge on any atom is -0.361 e. The molecule has 0 bridgehead atoms. The van der Waals surface area contributed by atoms with E-state index in [4.69, 9.17) is 0 Å². The lowest BCUT2D eigenvalue weighted by Gasteiger charge is -2.21. The Labute approximate surface area is 154 Å². The van der Waals surface area contributed by atoms with Crippen molar-refractivity contribution in [1.82, 2.24) is 9.97 Å². The molecule has 1 saturated heterocycles. The molecule has 2 aromatic rings. The summed E-state index contributed by atoms with van der Waals surface area (Å²) in [6, 6.07) is 0.834. The highest BCUT2D eigenvalue weighted by atomic mass is 19.2. The summed E-state index contributed by atoms with van der Waals surface area (Å²) in [4.78, 5) is 24.7. The summed E-state index contributed by atoms with van der Waals surface area (Å²) in [6.45, 7) is 1.74. The molecule has 0 spiro atoms. The van der Waals surface area contributed by atoms with Crippen LogP contribution in [0.5, 0.6) is 0 Å². The maximum absolute atomic E-state index is 13.7. The van der Waals surface area contributed by atoms with Crippen LogP contribution in [0.1, 0.15) is 12.8 Å². The standard InChI is InChI=1S/C17H19F3N6O/c1-25(2)15-12(9-21-16(24-15)26-7-3-4-8-26)23-17(27)22-11-6-5-10(18)13(19)14(11)20/h5-6,9H,3-4,7-8H2,1-2H3,(H2,22,23,27). The smallest absolute Gasteiger partial charge is 0.323 e. The molecule has 1 fully saturated rings. The van der Waals surface area contributed by atoms with Gasteiger partial charge in [-0.2, -0.15) is 4.98 Å². The second kappa shape index (κ2) is 7.68. The van der Waals surface area contributed by atoms with E-state index in [1.807, 2.05) is 4.90 Å². The monoisotopic (exact) mass is 380 g/mol. The van der Waals surface area contributed by atoms with E-state index in [2.05, 4.69) is 20.6 Å². The summed E-state index contributed by atoms with van der Waals surface area (Å²) in [5, 5.41) is 4.65. The molecule has 3 rings (SSSR count). The zero-order chi connectivity index (χ0) is 19.6. The zero-order valence-electron chi connectivity index (χ0n) is 14.9. The van der Waals surface area contributed by atoms with Gasteiger partial charge in [-0.15, -0.1) is 0 Å². The summed E-state index contributed by atoms with van der Waals surface area (Å²) < 4.78 is 40.0. The van der Waals surface area contributed by atoms with E-state index in [1.54, 1.807) is 19.0 Å². The number of hydrogen-bond donors (Lipinski definition) is 2. The number of anilines is 4. The molecule has 144 valence electrons. The Hall–Kier alpha value is -3.04. The van der Waals surface area contributed by atoms with Crippen molar-refractivity contribution in [3.8, 4) is 0 Å². The lowest BCUT2D eigenvalue weighted by Crippen LogP contribution is -2.25. The number of nitrogens with one attached hydrogen (secondary N) is 2. The van der Waals surface area contributed by atoms with Gasteiger partial charge in [0, 0.05) is 27.2 Å². The molecular formula is C17H19F3N6O. The molecule has 0 atom stereocenters. The molecule has 0 aliphatic carbocycles.